The predicted molar refractivity (Wildman–Crippen MR) is 104 cm³/mol. The SMILES string of the molecule is O=C(N[C@H]1C[C@H](C(=O)NCCCn2ccnc2)C[C@@H]1O)c1cnc(C2CC2)nc1. The minimum Gasteiger partial charge on any atom is -0.391 e. The summed E-state index contributed by atoms with van der Waals surface area (Å²) in [6.45, 7) is 1.35. The number of carbonyl (C=O) groups excluding carboxylic acids is 2. The minimum absolute atomic E-state index is 0.0800. The highest BCUT2D eigenvalue weighted by atomic mass is 16.3. The molecule has 0 bridgehead atoms. The van der Waals surface area contributed by atoms with Crippen LogP contribution in [0.4, 0.5) is 0 Å². The molecule has 0 aromatic carbocycles. The van der Waals surface area contributed by atoms with Gasteiger partial charge in [0.05, 0.1) is 24.0 Å². The number of hydrogen-bond donors (Lipinski definition) is 3. The number of nitrogens with zero attached hydrogens (tertiary/aromatic N) is 4. The summed E-state index contributed by atoms with van der Waals surface area (Å²) >= 11 is 0. The van der Waals surface area contributed by atoms with E-state index in [1.165, 1.54) is 12.4 Å². The number of nitrogens with one attached hydrogen (secondary N) is 2. The second-order valence-electron chi connectivity index (χ2n) is 7.86. The fourth-order valence-corrected chi connectivity index (χ4v) is 3.68. The van der Waals surface area contributed by atoms with Crippen LogP contribution in [0.15, 0.2) is 31.1 Å². The van der Waals surface area contributed by atoms with Gasteiger partial charge in [-0.2, -0.15) is 0 Å². The van der Waals surface area contributed by atoms with Crippen molar-refractivity contribution in [3.63, 3.8) is 0 Å². The first kappa shape index (κ1) is 19.5. The number of rotatable bonds is 8. The molecule has 0 aliphatic heterocycles. The highest BCUT2D eigenvalue weighted by Crippen LogP contribution is 2.37. The van der Waals surface area contributed by atoms with Gasteiger partial charge >= 0.3 is 0 Å². The highest BCUT2D eigenvalue weighted by Gasteiger charge is 2.37. The van der Waals surface area contributed by atoms with Crippen molar-refractivity contribution >= 4 is 11.8 Å². The lowest BCUT2D eigenvalue weighted by molar-refractivity contribution is -0.125. The first-order chi connectivity index (χ1) is 14.1. The quantitative estimate of drug-likeness (QED) is 0.561. The molecule has 4 rings (SSSR count). The van der Waals surface area contributed by atoms with Gasteiger partial charge in [0.1, 0.15) is 5.82 Å². The largest absolute Gasteiger partial charge is 0.391 e. The Morgan fingerprint density at radius 2 is 2.00 bits per heavy atom. The lowest BCUT2D eigenvalue weighted by atomic mass is 10.1. The maximum atomic E-state index is 12.4. The number of aliphatic hydroxyl groups excluding tert-OH is 1. The minimum atomic E-state index is -0.743. The van der Waals surface area contributed by atoms with Gasteiger partial charge in [-0.15, -0.1) is 0 Å². The Kier molecular flexibility index (Phi) is 5.84. The average Bonchev–Trinajstić information content (AvgIpc) is 3.33. The van der Waals surface area contributed by atoms with Gasteiger partial charge in [0.25, 0.3) is 5.91 Å². The molecule has 2 amide bonds. The Labute approximate surface area is 169 Å². The van der Waals surface area contributed by atoms with E-state index in [9.17, 15) is 14.7 Å². The van der Waals surface area contributed by atoms with E-state index in [0.29, 0.717) is 30.9 Å². The second-order valence-corrected chi connectivity index (χ2v) is 7.86. The average molecular weight is 398 g/mol. The van der Waals surface area contributed by atoms with Gasteiger partial charge in [-0.05, 0) is 32.1 Å². The molecule has 0 spiro atoms. The number of amides is 2. The summed E-state index contributed by atoms with van der Waals surface area (Å²) in [5.41, 5.74) is 0.369. The van der Waals surface area contributed by atoms with E-state index in [4.69, 9.17) is 0 Å². The van der Waals surface area contributed by atoms with Crippen molar-refractivity contribution in [1.29, 1.82) is 0 Å². The molecule has 2 aromatic rings. The van der Waals surface area contributed by atoms with Gasteiger partial charge in [0.2, 0.25) is 5.91 Å². The van der Waals surface area contributed by atoms with E-state index >= 15 is 0 Å². The number of carbonyl (C=O) groups is 2. The van der Waals surface area contributed by atoms with Crippen molar-refractivity contribution < 1.29 is 14.7 Å². The molecule has 9 heteroatoms. The Hall–Kier alpha value is -2.81. The van der Waals surface area contributed by atoms with Crippen LogP contribution in [0.3, 0.4) is 0 Å². The second kappa shape index (κ2) is 8.69. The standard InChI is InChI=1S/C20H26N6O3/c27-17-9-14(19(28)22-4-1-6-26-7-5-21-12-26)8-16(17)25-20(29)15-10-23-18(24-11-15)13-2-3-13/h5,7,10-14,16-17,27H,1-4,6,8-9H2,(H,22,28)(H,25,29)/t14-,16-,17-/m0/s1. The molecule has 3 N–H and O–H groups in total. The molecule has 9 nitrogen and oxygen atoms in total. The Balaban J connectivity index is 1.22. The fraction of sp³-hybridized carbons (Fsp3) is 0.550. The fourth-order valence-electron chi connectivity index (χ4n) is 3.68. The van der Waals surface area contributed by atoms with Gasteiger partial charge in [-0.3, -0.25) is 9.59 Å². The summed E-state index contributed by atoms with van der Waals surface area (Å²) in [7, 11) is 0. The lowest BCUT2D eigenvalue weighted by Crippen LogP contribution is -2.40. The number of hydrogen-bond acceptors (Lipinski definition) is 6. The molecular formula is C20H26N6O3. The summed E-state index contributed by atoms with van der Waals surface area (Å²) in [6.07, 6.45) is 11.4. The van der Waals surface area contributed by atoms with Crippen molar-refractivity contribution in [1.82, 2.24) is 30.2 Å². The normalized spacial score (nSPS) is 23.7. The lowest BCUT2D eigenvalue weighted by Gasteiger charge is -2.16. The topological polar surface area (TPSA) is 122 Å². The monoisotopic (exact) mass is 398 g/mol. The number of aryl methyl sites for hydroxylation is 1. The molecule has 0 unspecified atom stereocenters. The first-order valence-electron chi connectivity index (χ1n) is 10.1. The summed E-state index contributed by atoms with van der Waals surface area (Å²) in [5, 5.41) is 16.0. The van der Waals surface area contributed by atoms with Crippen LogP contribution in [0, 0.1) is 5.92 Å². The first-order valence-corrected chi connectivity index (χ1v) is 10.1. The molecule has 2 fully saturated rings. The molecule has 154 valence electrons. The zero-order valence-electron chi connectivity index (χ0n) is 16.2. The number of aliphatic hydroxyl groups is 1. The van der Waals surface area contributed by atoms with E-state index in [0.717, 1.165) is 31.6 Å². The van der Waals surface area contributed by atoms with Crippen LogP contribution in [0.25, 0.3) is 0 Å². The number of imidazole rings is 1. The zero-order chi connectivity index (χ0) is 20.2. The van der Waals surface area contributed by atoms with Crippen molar-refractivity contribution in [2.75, 3.05) is 6.54 Å². The van der Waals surface area contributed by atoms with E-state index in [1.54, 1.807) is 12.5 Å². The number of aromatic nitrogens is 4. The van der Waals surface area contributed by atoms with Crippen molar-refractivity contribution in [3.8, 4) is 0 Å². The summed E-state index contributed by atoms with van der Waals surface area (Å²) in [4.78, 5) is 37.3. The molecule has 29 heavy (non-hydrogen) atoms. The summed E-state index contributed by atoms with van der Waals surface area (Å²) in [5.74, 6) is 0.508. The van der Waals surface area contributed by atoms with Crippen LogP contribution in [0.2, 0.25) is 0 Å². The zero-order valence-corrected chi connectivity index (χ0v) is 16.2. The van der Waals surface area contributed by atoms with Crippen molar-refractivity contribution in [3.05, 3.63) is 42.5 Å². The van der Waals surface area contributed by atoms with Gasteiger partial charge in [0.15, 0.2) is 0 Å². The van der Waals surface area contributed by atoms with E-state index in [-0.39, 0.29) is 17.7 Å². The van der Waals surface area contributed by atoms with Crippen LogP contribution in [-0.2, 0) is 11.3 Å². The highest BCUT2D eigenvalue weighted by molar-refractivity contribution is 5.94. The molecule has 2 saturated carbocycles. The van der Waals surface area contributed by atoms with Crippen molar-refractivity contribution in [2.24, 2.45) is 5.92 Å². The van der Waals surface area contributed by atoms with Gasteiger partial charge in [-0.1, -0.05) is 0 Å². The van der Waals surface area contributed by atoms with Gasteiger partial charge < -0.3 is 20.3 Å². The van der Waals surface area contributed by atoms with E-state index in [2.05, 4.69) is 25.6 Å². The van der Waals surface area contributed by atoms with Crippen LogP contribution in [0.5, 0.6) is 0 Å². The molecule has 2 aromatic heterocycles. The molecular weight excluding hydrogens is 372 g/mol. The molecule has 2 aliphatic rings. The van der Waals surface area contributed by atoms with Crippen LogP contribution in [-0.4, -0.2) is 55.1 Å². The third-order valence-corrected chi connectivity index (χ3v) is 5.54. The van der Waals surface area contributed by atoms with Crippen molar-refractivity contribution in [2.45, 2.75) is 56.7 Å². The van der Waals surface area contributed by atoms with Crippen LogP contribution >= 0.6 is 0 Å². The van der Waals surface area contributed by atoms with Gasteiger partial charge in [0, 0.05) is 49.7 Å². The summed E-state index contributed by atoms with van der Waals surface area (Å²) in [6, 6.07) is -0.452. The molecule has 2 aliphatic carbocycles. The molecule has 0 radical (unpaired) electrons. The Morgan fingerprint density at radius 1 is 1.21 bits per heavy atom. The molecule has 0 saturated heterocycles. The maximum absolute atomic E-state index is 12.4. The van der Waals surface area contributed by atoms with Gasteiger partial charge in [-0.25, -0.2) is 15.0 Å². The Bertz CT molecular complexity index is 834. The van der Waals surface area contributed by atoms with E-state index in [1.807, 2.05) is 10.8 Å². The van der Waals surface area contributed by atoms with Crippen LogP contribution in [0.1, 0.15) is 54.2 Å². The van der Waals surface area contributed by atoms with E-state index < -0.39 is 12.1 Å². The third-order valence-electron chi connectivity index (χ3n) is 5.54. The predicted octanol–water partition coefficient (Wildman–Crippen LogP) is 0.626. The third kappa shape index (κ3) is 4.97. The summed E-state index contributed by atoms with van der Waals surface area (Å²) < 4.78 is 1.96. The Morgan fingerprint density at radius 3 is 2.69 bits per heavy atom. The maximum Gasteiger partial charge on any atom is 0.254 e. The van der Waals surface area contributed by atoms with Crippen LogP contribution < -0.4 is 10.6 Å². The molecule has 2 heterocycles. The molecule has 3 atom stereocenters. The smallest absolute Gasteiger partial charge is 0.254 e.